The first kappa shape index (κ1) is 23.4. The predicted octanol–water partition coefficient (Wildman–Crippen LogP) is 3.57. The molecular formula is C22H18ClF3N4O4. The zero-order valence-electron chi connectivity index (χ0n) is 17.4. The van der Waals surface area contributed by atoms with Gasteiger partial charge in [-0.2, -0.15) is 13.2 Å². The molecule has 3 amide bonds. The molecular weight excluding hydrogens is 477 g/mol. The van der Waals surface area contributed by atoms with E-state index >= 15 is 0 Å². The van der Waals surface area contributed by atoms with Crippen molar-refractivity contribution in [3.8, 4) is 11.6 Å². The number of hydrogen-bond donors (Lipinski definition) is 3. The van der Waals surface area contributed by atoms with E-state index in [1.165, 1.54) is 0 Å². The van der Waals surface area contributed by atoms with Gasteiger partial charge in [0, 0.05) is 17.6 Å². The van der Waals surface area contributed by atoms with Gasteiger partial charge in [-0.25, -0.2) is 4.79 Å². The number of carbonyl (C=O) groups is 3. The number of alkyl halides is 3. The zero-order chi connectivity index (χ0) is 24.7. The Bertz CT molecular complexity index is 1280. The molecule has 34 heavy (non-hydrogen) atoms. The van der Waals surface area contributed by atoms with E-state index in [1.807, 2.05) is 0 Å². The van der Waals surface area contributed by atoms with E-state index in [2.05, 4.69) is 5.32 Å². The second-order valence-corrected chi connectivity index (χ2v) is 8.15. The van der Waals surface area contributed by atoms with Gasteiger partial charge < -0.3 is 21.1 Å². The number of carbonyl (C=O) groups excluding carboxylic acids is 3. The van der Waals surface area contributed by atoms with Crippen LogP contribution in [0.25, 0.3) is 16.6 Å². The van der Waals surface area contributed by atoms with E-state index in [9.17, 15) is 27.6 Å². The molecule has 0 atom stereocenters. The summed E-state index contributed by atoms with van der Waals surface area (Å²) in [6.07, 6.45) is -5.83. The fourth-order valence-electron chi connectivity index (χ4n) is 3.56. The van der Waals surface area contributed by atoms with Crippen LogP contribution in [0.2, 0.25) is 5.02 Å². The summed E-state index contributed by atoms with van der Waals surface area (Å²) in [6, 6.07) is 13.9. The maximum atomic E-state index is 12.5. The van der Waals surface area contributed by atoms with Crippen LogP contribution in [0.1, 0.15) is 18.4 Å². The zero-order valence-corrected chi connectivity index (χ0v) is 18.2. The number of fused-ring (bicyclic) bond motifs is 1. The van der Waals surface area contributed by atoms with E-state index in [1.54, 1.807) is 58.4 Å². The Kier molecular flexibility index (Phi) is 5.90. The highest BCUT2D eigenvalue weighted by Crippen LogP contribution is 2.39. The Morgan fingerprint density at radius 2 is 1.74 bits per heavy atom. The third kappa shape index (κ3) is 4.51. The third-order valence-corrected chi connectivity index (χ3v) is 5.78. The number of ether oxygens (including phenoxy) is 1. The number of rotatable bonds is 6. The van der Waals surface area contributed by atoms with E-state index in [4.69, 9.17) is 22.1 Å². The molecule has 0 bridgehead atoms. The number of nitrogens with two attached hydrogens (primary N) is 1. The van der Waals surface area contributed by atoms with E-state index in [0.717, 1.165) is 0 Å². The lowest BCUT2D eigenvalue weighted by Gasteiger charge is -2.18. The maximum absolute atomic E-state index is 12.5. The molecule has 1 saturated carbocycles. The quantitative estimate of drug-likeness (QED) is 0.486. The first-order valence-electron chi connectivity index (χ1n) is 10.0. The summed E-state index contributed by atoms with van der Waals surface area (Å²) < 4.78 is 44.3. The summed E-state index contributed by atoms with van der Waals surface area (Å²) in [6.45, 7) is 0.0284. The molecule has 178 valence electrons. The van der Waals surface area contributed by atoms with Crippen molar-refractivity contribution in [3.63, 3.8) is 0 Å². The van der Waals surface area contributed by atoms with Crippen LogP contribution in [-0.4, -0.2) is 34.2 Å². The number of aromatic nitrogens is 1. The average molecular weight is 495 g/mol. The van der Waals surface area contributed by atoms with E-state index in [0.29, 0.717) is 22.2 Å². The Balaban J connectivity index is 1.51. The summed E-state index contributed by atoms with van der Waals surface area (Å²) in [4.78, 5) is 35.0. The lowest BCUT2D eigenvalue weighted by Crippen LogP contribution is -2.52. The monoisotopic (exact) mass is 494 g/mol. The van der Waals surface area contributed by atoms with Crippen molar-refractivity contribution in [3.05, 3.63) is 59.1 Å². The Hall–Kier alpha value is -3.73. The molecule has 1 aromatic heterocycles. The van der Waals surface area contributed by atoms with Gasteiger partial charge in [-0.05, 0) is 36.6 Å². The highest BCUT2D eigenvalue weighted by atomic mass is 35.5. The first-order valence-corrected chi connectivity index (χ1v) is 10.4. The molecule has 1 aliphatic rings. The molecule has 1 aliphatic carbocycles. The van der Waals surface area contributed by atoms with Gasteiger partial charge in [0.1, 0.15) is 10.6 Å². The summed E-state index contributed by atoms with van der Waals surface area (Å²) >= 11 is 6.38. The molecule has 3 aromatic rings. The molecule has 0 aliphatic heterocycles. The largest absolute Gasteiger partial charge is 0.471 e. The number of amides is 3. The standard InChI is InChI=1S/C22H18ClF3N4O4/c23-16-14-3-1-2-4-15(14)30(17(16)34-20(27)33)13-7-5-12(6-8-13)11-28-18(31)21(9-10-21)29-19(32)22(24,25)26/h1-8H,9-11H2,(H2,27,33)(H,28,31)(H,29,32). The molecule has 0 saturated heterocycles. The molecule has 0 unspecified atom stereocenters. The van der Waals surface area contributed by atoms with Crippen molar-refractivity contribution < 1.29 is 32.3 Å². The third-order valence-electron chi connectivity index (χ3n) is 5.41. The van der Waals surface area contributed by atoms with E-state index < -0.39 is 29.6 Å². The van der Waals surface area contributed by atoms with Crippen molar-refractivity contribution in [1.29, 1.82) is 0 Å². The number of hydrogen-bond acceptors (Lipinski definition) is 4. The number of nitrogens with one attached hydrogen (secondary N) is 2. The molecule has 4 rings (SSSR count). The second kappa shape index (κ2) is 8.56. The van der Waals surface area contributed by atoms with Gasteiger partial charge in [0.15, 0.2) is 0 Å². The smallest absolute Gasteiger partial charge is 0.391 e. The number of primary amides is 1. The molecule has 1 heterocycles. The molecule has 4 N–H and O–H groups in total. The fourth-order valence-corrected chi connectivity index (χ4v) is 3.84. The fraction of sp³-hybridized carbons (Fsp3) is 0.227. The highest BCUT2D eigenvalue weighted by molar-refractivity contribution is 6.37. The van der Waals surface area contributed by atoms with Crippen LogP contribution in [0.5, 0.6) is 5.88 Å². The lowest BCUT2D eigenvalue weighted by molar-refractivity contribution is -0.175. The van der Waals surface area contributed by atoms with Gasteiger partial charge in [0.2, 0.25) is 11.8 Å². The summed E-state index contributed by atoms with van der Waals surface area (Å²) in [7, 11) is 0. The lowest BCUT2D eigenvalue weighted by atomic mass is 10.1. The topological polar surface area (TPSA) is 115 Å². The van der Waals surface area contributed by atoms with Crippen molar-refractivity contribution in [1.82, 2.24) is 15.2 Å². The van der Waals surface area contributed by atoms with Crippen LogP contribution < -0.4 is 21.1 Å². The summed E-state index contributed by atoms with van der Waals surface area (Å²) in [5, 5.41) is 5.18. The molecule has 12 heteroatoms. The molecule has 2 aromatic carbocycles. The average Bonchev–Trinajstić information content (AvgIpc) is 3.52. The highest BCUT2D eigenvalue weighted by Gasteiger charge is 2.54. The first-order chi connectivity index (χ1) is 16.0. The van der Waals surface area contributed by atoms with Gasteiger partial charge in [-0.1, -0.05) is 41.9 Å². The van der Waals surface area contributed by atoms with Gasteiger partial charge in [-0.15, -0.1) is 0 Å². The number of halogens is 4. The van der Waals surface area contributed by atoms with Crippen LogP contribution in [0.3, 0.4) is 0 Å². The van der Waals surface area contributed by atoms with Crippen molar-refractivity contribution >= 4 is 40.4 Å². The minimum atomic E-state index is -5.06. The Morgan fingerprint density at radius 1 is 1.09 bits per heavy atom. The predicted molar refractivity (Wildman–Crippen MR) is 117 cm³/mol. The number of para-hydroxylation sites is 1. The van der Waals surface area contributed by atoms with Crippen LogP contribution in [-0.2, 0) is 16.1 Å². The SMILES string of the molecule is NC(=O)Oc1c(Cl)c2ccccc2n1-c1ccc(CNC(=O)C2(NC(=O)C(F)(F)F)CC2)cc1. The Morgan fingerprint density at radius 3 is 2.32 bits per heavy atom. The van der Waals surface area contributed by atoms with Gasteiger partial charge >= 0.3 is 18.2 Å². The minimum Gasteiger partial charge on any atom is -0.391 e. The molecule has 8 nitrogen and oxygen atoms in total. The Labute approximate surface area is 195 Å². The minimum absolute atomic E-state index is 0.0284. The maximum Gasteiger partial charge on any atom is 0.471 e. The van der Waals surface area contributed by atoms with Crippen LogP contribution in [0.4, 0.5) is 18.0 Å². The molecule has 1 fully saturated rings. The van der Waals surface area contributed by atoms with Gasteiger partial charge in [0.05, 0.1) is 5.52 Å². The van der Waals surface area contributed by atoms with E-state index in [-0.39, 0.29) is 30.3 Å². The normalized spacial score (nSPS) is 14.5. The van der Waals surface area contributed by atoms with Crippen molar-refractivity contribution in [2.75, 3.05) is 0 Å². The van der Waals surface area contributed by atoms with Crippen molar-refractivity contribution in [2.45, 2.75) is 31.1 Å². The number of nitrogens with zero attached hydrogens (tertiary/aromatic N) is 1. The summed E-state index contributed by atoms with van der Waals surface area (Å²) in [5.41, 5.74) is 5.56. The van der Waals surface area contributed by atoms with Crippen LogP contribution in [0.15, 0.2) is 48.5 Å². The van der Waals surface area contributed by atoms with Gasteiger partial charge in [-0.3, -0.25) is 14.2 Å². The van der Waals surface area contributed by atoms with Crippen LogP contribution in [0, 0.1) is 0 Å². The second-order valence-electron chi connectivity index (χ2n) is 7.78. The number of benzene rings is 2. The van der Waals surface area contributed by atoms with Gasteiger partial charge in [0.25, 0.3) is 0 Å². The summed E-state index contributed by atoms with van der Waals surface area (Å²) in [5.74, 6) is -2.78. The van der Waals surface area contributed by atoms with Crippen molar-refractivity contribution in [2.24, 2.45) is 5.73 Å². The molecule has 0 spiro atoms. The molecule has 0 radical (unpaired) electrons. The van der Waals surface area contributed by atoms with Crippen LogP contribution >= 0.6 is 11.6 Å².